The monoisotopic (exact) mass is 424 g/mol. The summed E-state index contributed by atoms with van der Waals surface area (Å²) >= 11 is 0. The summed E-state index contributed by atoms with van der Waals surface area (Å²) in [4.78, 5) is 39.4. The van der Waals surface area contributed by atoms with Crippen molar-refractivity contribution in [3.05, 3.63) is 53.7 Å². The van der Waals surface area contributed by atoms with Crippen molar-refractivity contribution in [3.63, 3.8) is 0 Å². The third-order valence-corrected chi connectivity index (χ3v) is 3.49. The van der Waals surface area contributed by atoms with Crippen LogP contribution in [0.5, 0.6) is 0 Å². The van der Waals surface area contributed by atoms with Gasteiger partial charge in [-0.2, -0.15) is 13.2 Å². The van der Waals surface area contributed by atoms with E-state index in [0.29, 0.717) is 0 Å². The van der Waals surface area contributed by atoms with Crippen LogP contribution in [0, 0.1) is 0 Å². The summed E-state index contributed by atoms with van der Waals surface area (Å²) in [6, 6.07) is 6.17. The van der Waals surface area contributed by atoms with E-state index in [4.69, 9.17) is 4.74 Å². The summed E-state index contributed by atoms with van der Waals surface area (Å²) in [5, 5.41) is 7.05. The van der Waals surface area contributed by atoms with Crippen LogP contribution in [-0.2, 0) is 15.7 Å². The Bertz CT molecular complexity index is 932. The van der Waals surface area contributed by atoms with Gasteiger partial charge in [0.2, 0.25) is 0 Å². The molecule has 1 heterocycles. The highest BCUT2D eigenvalue weighted by Gasteiger charge is 2.30. The zero-order valence-corrected chi connectivity index (χ0v) is 16.0. The van der Waals surface area contributed by atoms with E-state index >= 15 is 0 Å². The molecule has 30 heavy (non-hydrogen) atoms. The second-order valence-electron chi connectivity index (χ2n) is 6.36. The van der Waals surface area contributed by atoms with Crippen LogP contribution in [0.4, 0.5) is 29.5 Å². The average molecular weight is 424 g/mol. The number of nitrogens with zero attached hydrogens (tertiary/aromatic N) is 1. The first-order chi connectivity index (χ1) is 14.1. The minimum atomic E-state index is -4.53. The van der Waals surface area contributed by atoms with Gasteiger partial charge in [-0.25, -0.2) is 14.6 Å². The lowest BCUT2D eigenvalue weighted by Crippen LogP contribution is -2.44. The zero-order chi connectivity index (χ0) is 22.3. The standard InChI is InChI=1S/C19H19F3N4O4/c1-11(2)24-18(29)26-15(27)10-30-17(28)14-7-4-8-23-16(14)25-13-6-3-5-12(9-13)19(20,21)22/h3-9,11H,10H2,1-2H3,(H,23,25)(H2,24,26,27,29). The highest BCUT2D eigenvalue weighted by Crippen LogP contribution is 2.31. The van der Waals surface area contributed by atoms with Gasteiger partial charge in [0.1, 0.15) is 11.4 Å². The molecular weight excluding hydrogens is 405 g/mol. The summed E-state index contributed by atoms with van der Waals surface area (Å²) in [5.41, 5.74) is -0.918. The molecule has 0 radical (unpaired) electrons. The Balaban J connectivity index is 2.05. The van der Waals surface area contributed by atoms with Gasteiger partial charge in [0.05, 0.1) is 5.56 Å². The van der Waals surface area contributed by atoms with Crippen LogP contribution in [0.25, 0.3) is 0 Å². The summed E-state index contributed by atoms with van der Waals surface area (Å²) in [5.74, 6) is -1.85. The average Bonchev–Trinajstić information content (AvgIpc) is 2.65. The molecule has 1 aromatic heterocycles. The van der Waals surface area contributed by atoms with E-state index in [0.717, 1.165) is 12.1 Å². The number of imide groups is 1. The first-order valence-corrected chi connectivity index (χ1v) is 8.73. The Morgan fingerprint density at radius 3 is 2.53 bits per heavy atom. The molecule has 0 aliphatic rings. The lowest BCUT2D eigenvalue weighted by Gasteiger charge is -2.13. The van der Waals surface area contributed by atoms with Crippen molar-refractivity contribution in [2.24, 2.45) is 0 Å². The fourth-order valence-electron chi connectivity index (χ4n) is 2.25. The number of amides is 3. The second-order valence-corrected chi connectivity index (χ2v) is 6.36. The van der Waals surface area contributed by atoms with Crippen LogP contribution in [0.1, 0.15) is 29.8 Å². The molecule has 3 N–H and O–H groups in total. The third-order valence-electron chi connectivity index (χ3n) is 3.49. The van der Waals surface area contributed by atoms with E-state index in [1.165, 1.54) is 30.5 Å². The first-order valence-electron chi connectivity index (χ1n) is 8.73. The maximum Gasteiger partial charge on any atom is 0.416 e. The van der Waals surface area contributed by atoms with Crippen LogP contribution in [0.2, 0.25) is 0 Å². The van der Waals surface area contributed by atoms with Gasteiger partial charge < -0.3 is 15.4 Å². The number of carbonyl (C=O) groups is 3. The van der Waals surface area contributed by atoms with E-state index in [9.17, 15) is 27.6 Å². The van der Waals surface area contributed by atoms with Crippen molar-refractivity contribution in [2.75, 3.05) is 11.9 Å². The van der Waals surface area contributed by atoms with Gasteiger partial charge in [0, 0.05) is 17.9 Å². The largest absolute Gasteiger partial charge is 0.452 e. The van der Waals surface area contributed by atoms with Crippen LogP contribution in [0.15, 0.2) is 42.6 Å². The Hall–Kier alpha value is -3.63. The molecule has 0 saturated carbocycles. The van der Waals surface area contributed by atoms with Crippen molar-refractivity contribution in [1.82, 2.24) is 15.6 Å². The molecule has 0 aliphatic heterocycles. The Labute approximate surface area is 169 Å². The molecule has 2 rings (SSSR count). The smallest absolute Gasteiger partial charge is 0.416 e. The fourth-order valence-corrected chi connectivity index (χ4v) is 2.25. The molecule has 0 saturated heterocycles. The van der Waals surface area contributed by atoms with Crippen molar-refractivity contribution >= 4 is 29.4 Å². The molecule has 0 bridgehead atoms. The van der Waals surface area contributed by atoms with E-state index in [-0.39, 0.29) is 23.1 Å². The number of aromatic nitrogens is 1. The van der Waals surface area contributed by atoms with Crippen molar-refractivity contribution in [1.29, 1.82) is 0 Å². The van der Waals surface area contributed by atoms with Gasteiger partial charge >= 0.3 is 18.2 Å². The predicted octanol–water partition coefficient (Wildman–Crippen LogP) is 3.24. The van der Waals surface area contributed by atoms with Crippen LogP contribution in [-0.4, -0.2) is 35.5 Å². The minimum absolute atomic E-state index is 0.0558. The molecule has 3 amide bonds. The lowest BCUT2D eigenvalue weighted by molar-refractivity contribution is -0.137. The first kappa shape index (κ1) is 22.7. The van der Waals surface area contributed by atoms with Crippen LogP contribution >= 0.6 is 0 Å². The topological polar surface area (TPSA) is 109 Å². The van der Waals surface area contributed by atoms with E-state index in [1.54, 1.807) is 13.8 Å². The SMILES string of the molecule is CC(C)NC(=O)NC(=O)COC(=O)c1cccnc1Nc1cccc(C(F)(F)F)c1. The lowest BCUT2D eigenvalue weighted by atomic mass is 10.2. The Morgan fingerprint density at radius 2 is 1.87 bits per heavy atom. The normalized spacial score (nSPS) is 11.0. The number of esters is 1. The molecule has 0 unspecified atom stereocenters. The summed E-state index contributed by atoms with van der Waals surface area (Å²) in [6.45, 7) is 2.67. The van der Waals surface area contributed by atoms with E-state index in [1.807, 2.05) is 5.32 Å². The molecule has 8 nitrogen and oxygen atoms in total. The predicted molar refractivity (Wildman–Crippen MR) is 101 cm³/mol. The highest BCUT2D eigenvalue weighted by molar-refractivity contribution is 5.99. The highest BCUT2D eigenvalue weighted by atomic mass is 19.4. The summed E-state index contributed by atoms with van der Waals surface area (Å²) < 4.78 is 43.5. The molecule has 2 aromatic rings. The summed E-state index contributed by atoms with van der Waals surface area (Å²) in [6.07, 6.45) is -3.20. The molecule has 0 atom stereocenters. The molecular formula is C19H19F3N4O4. The minimum Gasteiger partial charge on any atom is -0.452 e. The molecule has 0 aliphatic carbocycles. The van der Waals surface area contributed by atoms with Gasteiger partial charge in [0.25, 0.3) is 5.91 Å². The number of alkyl halides is 3. The van der Waals surface area contributed by atoms with Crippen molar-refractivity contribution < 1.29 is 32.3 Å². The van der Waals surface area contributed by atoms with Gasteiger partial charge in [-0.15, -0.1) is 0 Å². The number of rotatable bonds is 6. The third kappa shape index (κ3) is 6.76. The number of ether oxygens (including phenoxy) is 1. The van der Waals surface area contributed by atoms with E-state index < -0.39 is 36.3 Å². The molecule has 11 heteroatoms. The van der Waals surface area contributed by atoms with E-state index in [2.05, 4.69) is 15.6 Å². The number of urea groups is 1. The van der Waals surface area contributed by atoms with Crippen molar-refractivity contribution in [3.8, 4) is 0 Å². The Kier molecular flexibility index (Phi) is 7.34. The van der Waals surface area contributed by atoms with Crippen LogP contribution in [0.3, 0.4) is 0 Å². The molecule has 0 spiro atoms. The van der Waals surface area contributed by atoms with Crippen molar-refractivity contribution in [2.45, 2.75) is 26.1 Å². The maximum absolute atomic E-state index is 12.9. The van der Waals surface area contributed by atoms with Gasteiger partial charge in [0.15, 0.2) is 6.61 Å². The quantitative estimate of drug-likeness (QED) is 0.615. The van der Waals surface area contributed by atoms with Crippen LogP contribution < -0.4 is 16.0 Å². The molecule has 0 fully saturated rings. The number of anilines is 2. The van der Waals surface area contributed by atoms with Gasteiger partial charge in [-0.3, -0.25) is 10.1 Å². The van der Waals surface area contributed by atoms with Gasteiger partial charge in [-0.05, 0) is 44.2 Å². The number of pyridine rings is 1. The molecule has 160 valence electrons. The number of benzene rings is 1. The number of nitrogens with one attached hydrogen (secondary N) is 3. The Morgan fingerprint density at radius 1 is 1.13 bits per heavy atom. The number of carbonyl (C=O) groups excluding carboxylic acids is 3. The number of hydrogen-bond donors (Lipinski definition) is 3. The zero-order valence-electron chi connectivity index (χ0n) is 16.0. The fraction of sp³-hybridized carbons (Fsp3) is 0.263. The number of halogens is 3. The van der Waals surface area contributed by atoms with Gasteiger partial charge in [-0.1, -0.05) is 6.07 Å². The molecule has 1 aromatic carbocycles. The maximum atomic E-state index is 12.9. The number of hydrogen-bond acceptors (Lipinski definition) is 6. The second kappa shape index (κ2) is 9.72. The summed E-state index contributed by atoms with van der Waals surface area (Å²) in [7, 11) is 0.